The van der Waals surface area contributed by atoms with E-state index in [1.807, 2.05) is 18.2 Å². The summed E-state index contributed by atoms with van der Waals surface area (Å²) in [7, 11) is -3.39. The quantitative estimate of drug-likeness (QED) is 0.263. The van der Waals surface area contributed by atoms with E-state index in [0.717, 1.165) is 40.1 Å². The first-order valence-electron chi connectivity index (χ1n) is 11.7. The molecule has 5 nitrogen and oxygen atoms in total. The van der Waals surface area contributed by atoms with Crippen molar-refractivity contribution in [3.05, 3.63) is 89.8 Å². The van der Waals surface area contributed by atoms with Crippen LogP contribution in [0.2, 0.25) is 0 Å². The second-order valence-corrected chi connectivity index (χ2v) is 11.5. The van der Waals surface area contributed by atoms with Crippen LogP contribution in [0.3, 0.4) is 0 Å². The summed E-state index contributed by atoms with van der Waals surface area (Å²) in [6, 6.07) is 26.8. The number of hydrogen-bond donors (Lipinski definition) is 1. The molecule has 7 heteroatoms. The summed E-state index contributed by atoms with van der Waals surface area (Å²) in [5, 5.41) is 3.42. The van der Waals surface area contributed by atoms with Gasteiger partial charge in [-0.2, -0.15) is 0 Å². The molecule has 0 aliphatic carbocycles. The van der Waals surface area contributed by atoms with E-state index in [4.69, 9.17) is 4.98 Å². The molecule has 4 aromatic rings. The molecule has 0 aliphatic rings. The number of nitrogens with zero attached hydrogens (tertiary/aromatic N) is 1. The van der Waals surface area contributed by atoms with Gasteiger partial charge in [0.25, 0.3) is 0 Å². The van der Waals surface area contributed by atoms with Gasteiger partial charge in [0, 0.05) is 16.9 Å². The van der Waals surface area contributed by atoms with Gasteiger partial charge in [-0.15, -0.1) is 11.3 Å². The summed E-state index contributed by atoms with van der Waals surface area (Å²) < 4.78 is 24.8. The first-order chi connectivity index (χ1) is 17.0. The number of nitrogens with one attached hydrogen (secondary N) is 1. The number of benzene rings is 3. The summed E-state index contributed by atoms with van der Waals surface area (Å²) in [4.78, 5) is 18.6. The minimum Gasteiger partial charge on any atom is -0.302 e. The summed E-state index contributed by atoms with van der Waals surface area (Å²) >= 11 is 1.48. The second-order valence-electron chi connectivity index (χ2n) is 8.27. The largest absolute Gasteiger partial charge is 0.302 e. The van der Waals surface area contributed by atoms with Crippen molar-refractivity contribution < 1.29 is 13.2 Å². The Bertz CT molecular complexity index is 1360. The van der Waals surface area contributed by atoms with Crippen LogP contribution >= 0.6 is 11.3 Å². The SMILES string of the molecule is CCCc1sc(NC(=O)CCCS(=O)(=O)c2ccccc2)nc1-c1ccc(-c2ccccc2)cc1. The van der Waals surface area contributed by atoms with E-state index in [2.05, 4.69) is 48.6 Å². The molecule has 0 unspecified atom stereocenters. The highest BCUT2D eigenvalue weighted by Gasteiger charge is 2.17. The Morgan fingerprint density at radius 1 is 0.857 bits per heavy atom. The number of carbonyl (C=O) groups is 1. The fourth-order valence-corrected chi connectivity index (χ4v) is 6.26. The van der Waals surface area contributed by atoms with Gasteiger partial charge in [0.05, 0.1) is 16.3 Å². The smallest absolute Gasteiger partial charge is 0.226 e. The third-order valence-electron chi connectivity index (χ3n) is 5.61. The van der Waals surface area contributed by atoms with Gasteiger partial charge < -0.3 is 5.32 Å². The van der Waals surface area contributed by atoms with E-state index in [9.17, 15) is 13.2 Å². The first kappa shape index (κ1) is 24.8. The van der Waals surface area contributed by atoms with Crippen molar-refractivity contribution >= 4 is 32.2 Å². The van der Waals surface area contributed by atoms with Crippen molar-refractivity contribution in [2.75, 3.05) is 11.1 Å². The van der Waals surface area contributed by atoms with Crippen molar-refractivity contribution in [1.29, 1.82) is 0 Å². The van der Waals surface area contributed by atoms with Gasteiger partial charge in [-0.25, -0.2) is 13.4 Å². The number of amides is 1. The maximum atomic E-state index is 12.5. The molecular formula is C28H28N2O3S2. The van der Waals surface area contributed by atoms with E-state index in [1.165, 1.54) is 11.3 Å². The van der Waals surface area contributed by atoms with Gasteiger partial charge in [-0.1, -0.05) is 86.1 Å². The lowest BCUT2D eigenvalue weighted by molar-refractivity contribution is -0.116. The average molecular weight is 505 g/mol. The second kappa shape index (κ2) is 11.4. The molecule has 0 saturated carbocycles. The van der Waals surface area contributed by atoms with Crippen LogP contribution in [-0.4, -0.2) is 25.1 Å². The predicted octanol–water partition coefficient (Wildman–Crippen LogP) is 6.62. The van der Waals surface area contributed by atoms with Crippen LogP contribution in [0.5, 0.6) is 0 Å². The molecule has 0 fully saturated rings. The number of hydrogen-bond acceptors (Lipinski definition) is 5. The third kappa shape index (κ3) is 6.44. The Morgan fingerprint density at radius 2 is 1.46 bits per heavy atom. The van der Waals surface area contributed by atoms with Crippen molar-refractivity contribution in [3.63, 3.8) is 0 Å². The molecule has 4 rings (SSSR count). The molecule has 180 valence electrons. The van der Waals surface area contributed by atoms with Crippen molar-refractivity contribution in [3.8, 4) is 22.4 Å². The maximum absolute atomic E-state index is 12.5. The van der Waals surface area contributed by atoms with Crippen LogP contribution in [0.15, 0.2) is 89.8 Å². The third-order valence-corrected chi connectivity index (χ3v) is 8.45. The number of anilines is 1. The van der Waals surface area contributed by atoms with E-state index in [0.29, 0.717) is 5.13 Å². The highest BCUT2D eigenvalue weighted by molar-refractivity contribution is 7.91. The molecule has 1 amide bonds. The molecule has 0 saturated heterocycles. The molecule has 1 heterocycles. The summed E-state index contributed by atoms with van der Waals surface area (Å²) in [6.07, 6.45) is 2.22. The maximum Gasteiger partial charge on any atom is 0.226 e. The zero-order valence-corrected chi connectivity index (χ0v) is 21.2. The lowest BCUT2D eigenvalue weighted by Crippen LogP contribution is -2.14. The Kier molecular flexibility index (Phi) is 8.10. The molecule has 35 heavy (non-hydrogen) atoms. The van der Waals surface area contributed by atoms with Crippen LogP contribution in [0, 0.1) is 0 Å². The van der Waals surface area contributed by atoms with Crippen LogP contribution < -0.4 is 5.32 Å². The number of carbonyl (C=O) groups excluding carboxylic acids is 1. The van der Waals surface area contributed by atoms with Gasteiger partial charge in [-0.05, 0) is 36.1 Å². The number of aryl methyl sites for hydroxylation is 1. The Hall–Kier alpha value is -3.29. The van der Waals surface area contributed by atoms with Crippen molar-refractivity contribution in [1.82, 2.24) is 4.98 Å². The minimum atomic E-state index is -3.39. The summed E-state index contributed by atoms with van der Waals surface area (Å²) in [5.41, 5.74) is 4.20. The van der Waals surface area contributed by atoms with E-state index in [1.54, 1.807) is 30.3 Å². The summed E-state index contributed by atoms with van der Waals surface area (Å²) in [6.45, 7) is 2.12. The van der Waals surface area contributed by atoms with Crippen LogP contribution in [0.4, 0.5) is 5.13 Å². The summed E-state index contributed by atoms with van der Waals surface area (Å²) in [5.74, 6) is -0.293. The van der Waals surface area contributed by atoms with E-state index in [-0.39, 0.29) is 29.4 Å². The number of thiazole rings is 1. The Morgan fingerprint density at radius 3 is 2.11 bits per heavy atom. The van der Waals surface area contributed by atoms with Gasteiger partial charge in [0.2, 0.25) is 5.91 Å². The highest BCUT2D eigenvalue weighted by Crippen LogP contribution is 2.33. The average Bonchev–Trinajstić information content (AvgIpc) is 3.27. The number of aromatic nitrogens is 1. The fourth-order valence-electron chi connectivity index (χ4n) is 3.83. The zero-order valence-electron chi connectivity index (χ0n) is 19.6. The van der Waals surface area contributed by atoms with Crippen LogP contribution in [0.1, 0.15) is 31.1 Å². The molecule has 0 atom stereocenters. The molecule has 0 radical (unpaired) electrons. The number of sulfone groups is 1. The van der Waals surface area contributed by atoms with Crippen LogP contribution in [0.25, 0.3) is 22.4 Å². The molecule has 1 N–H and O–H groups in total. The topological polar surface area (TPSA) is 76.1 Å². The lowest BCUT2D eigenvalue weighted by Gasteiger charge is -2.05. The molecule has 0 aliphatic heterocycles. The normalized spacial score (nSPS) is 11.3. The molecule has 0 bridgehead atoms. The Labute approximate surface area is 210 Å². The van der Waals surface area contributed by atoms with Crippen LogP contribution in [-0.2, 0) is 21.1 Å². The van der Waals surface area contributed by atoms with Gasteiger partial charge in [0.1, 0.15) is 0 Å². The van der Waals surface area contributed by atoms with Gasteiger partial charge in [0.15, 0.2) is 15.0 Å². The minimum absolute atomic E-state index is 0.0671. The first-order valence-corrected chi connectivity index (χ1v) is 14.2. The molecule has 1 aromatic heterocycles. The number of rotatable bonds is 10. The predicted molar refractivity (Wildman–Crippen MR) is 143 cm³/mol. The zero-order chi connectivity index (χ0) is 24.7. The molecular weight excluding hydrogens is 476 g/mol. The van der Waals surface area contributed by atoms with Gasteiger partial charge in [-0.3, -0.25) is 4.79 Å². The standard InChI is InChI=1S/C28H28N2O3S2/c1-2-10-25-27(23-18-16-22(17-19-23)21-11-5-3-6-12-21)30-28(34-25)29-26(31)15-9-20-35(32,33)24-13-7-4-8-14-24/h3-8,11-14,16-19H,2,9-10,15,20H2,1H3,(H,29,30,31). The van der Waals surface area contributed by atoms with Crippen molar-refractivity contribution in [2.45, 2.75) is 37.5 Å². The fraction of sp³-hybridized carbons (Fsp3) is 0.214. The highest BCUT2D eigenvalue weighted by atomic mass is 32.2. The Balaban J connectivity index is 1.41. The van der Waals surface area contributed by atoms with E-state index >= 15 is 0 Å². The van der Waals surface area contributed by atoms with Gasteiger partial charge >= 0.3 is 0 Å². The van der Waals surface area contributed by atoms with E-state index < -0.39 is 9.84 Å². The molecule has 3 aromatic carbocycles. The monoisotopic (exact) mass is 504 g/mol. The lowest BCUT2D eigenvalue weighted by atomic mass is 10.0. The van der Waals surface area contributed by atoms with Crippen molar-refractivity contribution in [2.24, 2.45) is 0 Å². The molecule has 0 spiro atoms.